The Morgan fingerprint density at radius 3 is 2.42 bits per heavy atom. The fraction of sp³-hybridized carbons (Fsp3) is 0.133. The second-order valence-corrected chi connectivity index (χ2v) is 5.13. The average Bonchev–Trinajstić information content (AvgIpc) is 2.42. The van der Waals surface area contributed by atoms with Crippen LogP contribution >= 0.6 is 11.8 Å². The maximum Gasteiger partial charge on any atom is 0.336 e. The van der Waals surface area contributed by atoms with Crippen molar-refractivity contribution in [2.45, 2.75) is 16.3 Å². The number of carboxylic acids is 1. The van der Waals surface area contributed by atoms with Crippen molar-refractivity contribution in [3.8, 4) is 0 Å². The van der Waals surface area contributed by atoms with Gasteiger partial charge in [-0.15, -0.1) is 0 Å². The molecular weight excluding hydrogens is 258 g/mol. The van der Waals surface area contributed by atoms with E-state index in [0.717, 1.165) is 21.9 Å². The fourth-order valence-corrected chi connectivity index (χ4v) is 2.86. The Bertz CT molecular complexity index is 584. The van der Waals surface area contributed by atoms with Crippen LogP contribution in [0.25, 0.3) is 0 Å². The van der Waals surface area contributed by atoms with Crippen LogP contribution in [0.2, 0.25) is 0 Å². The van der Waals surface area contributed by atoms with E-state index in [0.29, 0.717) is 5.56 Å². The second kappa shape index (κ2) is 6.41. The highest BCUT2D eigenvalue weighted by atomic mass is 32.2. The number of rotatable bonds is 5. The van der Waals surface area contributed by atoms with Crippen LogP contribution in [-0.2, 0) is 6.54 Å². The Balaban J connectivity index is 2.34. The van der Waals surface area contributed by atoms with Crippen molar-refractivity contribution in [2.75, 3.05) is 7.05 Å². The zero-order chi connectivity index (χ0) is 13.7. The quantitative estimate of drug-likeness (QED) is 0.878. The number of carbonyl (C=O) groups is 1. The first kappa shape index (κ1) is 13.6. The fourth-order valence-electron chi connectivity index (χ4n) is 1.79. The van der Waals surface area contributed by atoms with Crippen molar-refractivity contribution >= 4 is 17.7 Å². The van der Waals surface area contributed by atoms with Crippen LogP contribution in [0, 0.1) is 0 Å². The summed E-state index contributed by atoms with van der Waals surface area (Å²) in [6.45, 7) is 0.762. The molecule has 19 heavy (non-hydrogen) atoms. The highest BCUT2D eigenvalue weighted by molar-refractivity contribution is 7.99. The summed E-state index contributed by atoms with van der Waals surface area (Å²) in [5, 5.41) is 12.3. The van der Waals surface area contributed by atoms with Gasteiger partial charge in [0, 0.05) is 16.3 Å². The molecule has 4 heteroatoms. The van der Waals surface area contributed by atoms with Gasteiger partial charge in [-0.05, 0) is 30.8 Å². The maximum absolute atomic E-state index is 11.2. The van der Waals surface area contributed by atoms with Crippen LogP contribution in [0.4, 0.5) is 0 Å². The van der Waals surface area contributed by atoms with Gasteiger partial charge in [0.25, 0.3) is 0 Å². The largest absolute Gasteiger partial charge is 0.478 e. The Morgan fingerprint density at radius 2 is 1.74 bits per heavy atom. The molecule has 2 aromatic rings. The molecule has 0 heterocycles. The molecule has 2 N–H and O–H groups in total. The predicted molar refractivity (Wildman–Crippen MR) is 76.7 cm³/mol. The van der Waals surface area contributed by atoms with E-state index >= 15 is 0 Å². The Hall–Kier alpha value is -1.78. The van der Waals surface area contributed by atoms with Crippen LogP contribution in [-0.4, -0.2) is 18.1 Å². The third kappa shape index (κ3) is 3.36. The van der Waals surface area contributed by atoms with Gasteiger partial charge in [0.15, 0.2) is 0 Å². The van der Waals surface area contributed by atoms with Crippen molar-refractivity contribution in [2.24, 2.45) is 0 Å². The van der Waals surface area contributed by atoms with Crippen LogP contribution in [0.15, 0.2) is 58.3 Å². The zero-order valence-electron chi connectivity index (χ0n) is 10.6. The summed E-state index contributed by atoms with van der Waals surface area (Å²) in [4.78, 5) is 13.0. The number of carboxylic acid groups (broad SMARTS) is 1. The van der Waals surface area contributed by atoms with E-state index in [1.807, 2.05) is 43.4 Å². The first-order chi connectivity index (χ1) is 9.22. The van der Waals surface area contributed by atoms with E-state index in [-0.39, 0.29) is 0 Å². The van der Waals surface area contributed by atoms with Crippen LogP contribution in [0.5, 0.6) is 0 Å². The topological polar surface area (TPSA) is 49.3 Å². The third-order valence-electron chi connectivity index (χ3n) is 2.68. The lowest BCUT2D eigenvalue weighted by atomic mass is 10.2. The highest BCUT2D eigenvalue weighted by Gasteiger charge is 2.11. The van der Waals surface area contributed by atoms with Gasteiger partial charge >= 0.3 is 5.97 Å². The minimum absolute atomic E-state index is 0.340. The maximum atomic E-state index is 11.2. The zero-order valence-corrected chi connectivity index (χ0v) is 11.4. The van der Waals surface area contributed by atoms with E-state index in [1.54, 1.807) is 12.1 Å². The summed E-state index contributed by atoms with van der Waals surface area (Å²) in [7, 11) is 1.90. The van der Waals surface area contributed by atoms with Gasteiger partial charge in [-0.2, -0.15) is 0 Å². The van der Waals surface area contributed by atoms with Crippen molar-refractivity contribution in [1.29, 1.82) is 0 Å². The van der Waals surface area contributed by atoms with Gasteiger partial charge in [0.05, 0.1) is 5.56 Å². The molecule has 0 saturated carbocycles. The molecule has 0 aliphatic heterocycles. The summed E-state index contributed by atoms with van der Waals surface area (Å²) in [5.41, 5.74) is 1.50. The number of hydrogen-bond acceptors (Lipinski definition) is 3. The summed E-state index contributed by atoms with van der Waals surface area (Å²) in [6.07, 6.45) is 0. The number of nitrogens with one attached hydrogen (secondary N) is 1. The monoisotopic (exact) mass is 273 g/mol. The predicted octanol–water partition coefficient (Wildman–Crippen LogP) is 3.26. The molecule has 3 nitrogen and oxygen atoms in total. The minimum Gasteiger partial charge on any atom is -0.478 e. The normalized spacial score (nSPS) is 10.4. The molecule has 2 rings (SSSR count). The molecule has 0 bridgehead atoms. The van der Waals surface area contributed by atoms with Crippen molar-refractivity contribution in [3.63, 3.8) is 0 Å². The SMILES string of the molecule is CNCc1ccccc1Sc1ccccc1C(=O)O. The smallest absolute Gasteiger partial charge is 0.336 e. The molecular formula is C15H15NO2S. The van der Waals surface area contributed by atoms with E-state index in [9.17, 15) is 9.90 Å². The Kier molecular flexibility index (Phi) is 4.60. The standard InChI is InChI=1S/C15H15NO2S/c1-16-10-11-6-2-4-8-13(11)19-14-9-5-3-7-12(14)15(17)18/h2-9,16H,10H2,1H3,(H,17,18). The molecule has 0 aromatic heterocycles. The first-order valence-corrected chi connectivity index (χ1v) is 6.76. The van der Waals surface area contributed by atoms with Crippen LogP contribution in [0.3, 0.4) is 0 Å². The summed E-state index contributed by atoms with van der Waals surface area (Å²) in [5.74, 6) is -0.894. The Labute approximate surface area is 116 Å². The third-order valence-corrected chi connectivity index (χ3v) is 3.87. The molecule has 0 atom stereocenters. The lowest BCUT2D eigenvalue weighted by Crippen LogP contribution is -2.06. The molecule has 98 valence electrons. The van der Waals surface area contributed by atoms with Crippen LogP contribution in [0.1, 0.15) is 15.9 Å². The lowest BCUT2D eigenvalue weighted by molar-refractivity contribution is 0.0693. The molecule has 0 fully saturated rings. The van der Waals surface area contributed by atoms with Gasteiger partial charge in [-0.25, -0.2) is 4.79 Å². The van der Waals surface area contributed by atoms with Crippen molar-refractivity contribution in [3.05, 3.63) is 59.7 Å². The first-order valence-electron chi connectivity index (χ1n) is 5.95. The van der Waals surface area contributed by atoms with E-state index in [1.165, 1.54) is 11.8 Å². The second-order valence-electron chi connectivity index (χ2n) is 4.04. The van der Waals surface area contributed by atoms with E-state index in [4.69, 9.17) is 0 Å². The number of hydrogen-bond donors (Lipinski definition) is 2. The summed E-state index contributed by atoms with van der Waals surface area (Å²) < 4.78 is 0. The highest BCUT2D eigenvalue weighted by Crippen LogP contribution is 2.32. The minimum atomic E-state index is -0.894. The average molecular weight is 273 g/mol. The van der Waals surface area contributed by atoms with Gasteiger partial charge in [0.2, 0.25) is 0 Å². The lowest BCUT2D eigenvalue weighted by Gasteiger charge is -2.10. The summed E-state index contributed by atoms with van der Waals surface area (Å²) >= 11 is 1.49. The van der Waals surface area contributed by atoms with Gasteiger partial charge < -0.3 is 10.4 Å². The number of benzene rings is 2. The molecule has 0 aliphatic carbocycles. The van der Waals surface area contributed by atoms with Gasteiger partial charge in [-0.3, -0.25) is 0 Å². The van der Waals surface area contributed by atoms with Crippen molar-refractivity contribution < 1.29 is 9.90 Å². The molecule has 0 aliphatic rings. The van der Waals surface area contributed by atoms with Gasteiger partial charge in [0.1, 0.15) is 0 Å². The molecule has 0 saturated heterocycles. The molecule has 2 aromatic carbocycles. The summed E-state index contributed by atoms with van der Waals surface area (Å²) in [6, 6.07) is 15.1. The molecule has 0 spiro atoms. The molecule has 0 amide bonds. The van der Waals surface area contributed by atoms with E-state index < -0.39 is 5.97 Å². The Morgan fingerprint density at radius 1 is 1.11 bits per heavy atom. The molecule has 0 unspecified atom stereocenters. The van der Waals surface area contributed by atoms with E-state index in [2.05, 4.69) is 5.32 Å². The molecule has 0 radical (unpaired) electrons. The van der Waals surface area contributed by atoms with Gasteiger partial charge in [-0.1, -0.05) is 42.1 Å². The van der Waals surface area contributed by atoms with Crippen molar-refractivity contribution in [1.82, 2.24) is 5.32 Å². The van der Waals surface area contributed by atoms with Crippen LogP contribution < -0.4 is 5.32 Å². The number of aromatic carboxylic acids is 1.